The lowest BCUT2D eigenvalue weighted by molar-refractivity contribution is 0.346. The van der Waals surface area contributed by atoms with Crippen molar-refractivity contribution in [1.29, 1.82) is 0 Å². The van der Waals surface area contributed by atoms with Crippen molar-refractivity contribution in [1.82, 2.24) is 15.2 Å². The van der Waals surface area contributed by atoms with Crippen molar-refractivity contribution in [3.8, 4) is 0 Å². The van der Waals surface area contributed by atoms with Gasteiger partial charge in [0.15, 0.2) is 5.13 Å². The molecule has 118 valence electrons. The van der Waals surface area contributed by atoms with Gasteiger partial charge in [-0.2, -0.15) is 0 Å². The molecule has 21 heavy (non-hydrogen) atoms. The van der Waals surface area contributed by atoms with E-state index in [1.54, 1.807) is 0 Å². The maximum atomic E-state index is 4.96. The van der Waals surface area contributed by atoms with Gasteiger partial charge in [0, 0.05) is 37.5 Å². The fourth-order valence-electron chi connectivity index (χ4n) is 2.95. The molecule has 1 saturated heterocycles. The average molecular weight is 308 g/mol. The van der Waals surface area contributed by atoms with E-state index < -0.39 is 0 Å². The molecule has 0 amide bonds. The lowest BCUT2D eigenvalue weighted by atomic mass is 10.2. The first kappa shape index (κ1) is 15.3. The highest BCUT2D eigenvalue weighted by Gasteiger charge is 2.30. The monoisotopic (exact) mass is 308 g/mol. The first-order chi connectivity index (χ1) is 10.3. The average Bonchev–Trinajstić information content (AvgIpc) is 3.04. The second-order valence-electron chi connectivity index (χ2n) is 6.33. The highest BCUT2D eigenvalue weighted by Crippen LogP contribution is 2.44. The number of hydrogen-bond acceptors (Lipinski definition) is 5. The number of likely N-dealkylation sites (tertiary alicyclic amines) is 1. The second-order valence-corrected chi connectivity index (χ2v) is 7.39. The molecule has 0 aromatic carbocycles. The third-order valence-corrected chi connectivity index (χ3v) is 5.68. The summed E-state index contributed by atoms with van der Waals surface area (Å²) in [5.74, 6) is 0.746. The summed E-state index contributed by atoms with van der Waals surface area (Å²) in [5, 5.41) is 4.67. The molecule has 1 aromatic heterocycles. The summed E-state index contributed by atoms with van der Waals surface area (Å²) in [6.07, 6.45) is 5.42. The van der Waals surface area contributed by atoms with Crippen LogP contribution in [-0.4, -0.2) is 49.7 Å². The van der Waals surface area contributed by atoms with Crippen LogP contribution < -0.4 is 10.2 Å². The van der Waals surface area contributed by atoms with E-state index in [2.05, 4.69) is 29.1 Å². The molecular weight excluding hydrogens is 280 g/mol. The fraction of sp³-hybridized carbons (Fsp3) is 0.812. The molecule has 0 atom stereocenters. The van der Waals surface area contributed by atoms with Gasteiger partial charge < -0.3 is 15.1 Å². The zero-order chi connectivity index (χ0) is 14.7. The Labute approximate surface area is 132 Å². The van der Waals surface area contributed by atoms with Crippen molar-refractivity contribution in [3.05, 3.63) is 10.6 Å². The fourth-order valence-corrected chi connectivity index (χ4v) is 4.05. The molecule has 0 radical (unpaired) electrons. The summed E-state index contributed by atoms with van der Waals surface area (Å²) in [6.45, 7) is 9.02. The van der Waals surface area contributed by atoms with Crippen LogP contribution in [0.4, 0.5) is 5.13 Å². The van der Waals surface area contributed by atoms with Crippen LogP contribution in [0.2, 0.25) is 0 Å². The number of nitrogens with one attached hydrogen (secondary N) is 1. The van der Waals surface area contributed by atoms with Crippen molar-refractivity contribution in [2.24, 2.45) is 0 Å². The molecular formula is C16H28N4S. The SMILES string of the molecule is CCNCc1sc(N(C)CCN2CCCC2)nc1C1CC1. The van der Waals surface area contributed by atoms with Crippen LogP contribution in [0.5, 0.6) is 0 Å². The van der Waals surface area contributed by atoms with Gasteiger partial charge in [0.05, 0.1) is 5.69 Å². The number of aromatic nitrogens is 1. The first-order valence-electron chi connectivity index (χ1n) is 8.41. The van der Waals surface area contributed by atoms with Gasteiger partial charge in [-0.1, -0.05) is 6.92 Å². The lowest BCUT2D eigenvalue weighted by Gasteiger charge is -2.20. The van der Waals surface area contributed by atoms with E-state index in [1.807, 2.05) is 11.3 Å². The van der Waals surface area contributed by atoms with E-state index in [0.29, 0.717) is 0 Å². The van der Waals surface area contributed by atoms with E-state index in [1.165, 1.54) is 61.0 Å². The second kappa shape index (κ2) is 7.07. The van der Waals surface area contributed by atoms with Gasteiger partial charge in [0.1, 0.15) is 0 Å². The summed E-state index contributed by atoms with van der Waals surface area (Å²) < 4.78 is 0. The summed E-state index contributed by atoms with van der Waals surface area (Å²) in [4.78, 5) is 11.3. The third kappa shape index (κ3) is 3.96. The van der Waals surface area contributed by atoms with Gasteiger partial charge in [-0.15, -0.1) is 11.3 Å². The van der Waals surface area contributed by atoms with Gasteiger partial charge in [0.2, 0.25) is 0 Å². The van der Waals surface area contributed by atoms with Crippen LogP contribution in [-0.2, 0) is 6.54 Å². The van der Waals surface area contributed by atoms with Crippen molar-refractivity contribution in [2.75, 3.05) is 44.7 Å². The molecule has 2 fully saturated rings. The Balaban J connectivity index is 1.60. The molecule has 4 nitrogen and oxygen atoms in total. The van der Waals surface area contributed by atoms with E-state index in [4.69, 9.17) is 4.98 Å². The zero-order valence-corrected chi connectivity index (χ0v) is 14.2. The zero-order valence-electron chi connectivity index (χ0n) is 13.4. The number of likely N-dealkylation sites (N-methyl/N-ethyl adjacent to an activating group) is 1. The lowest BCUT2D eigenvalue weighted by Crippen LogP contribution is -2.31. The van der Waals surface area contributed by atoms with Crippen LogP contribution in [0.1, 0.15) is 49.1 Å². The number of anilines is 1. The minimum atomic E-state index is 0.746. The number of rotatable bonds is 8. The Morgan fingerprint density at radius 3 is 2.76 bits per heavy atom. The van der Waals surface area contributed by atoms with Crippen molar-refractivity contribution >= 4 is 16.5 Å². The van der Waals surface area contributed by atoms with Gasteiger partial charge in [-0.25, -0.2) is 4.98 Å². The normalized spacial score (nSPS) is 19.3. The first-order valence-corrected chi connectivity index (χ1v) is 9.23. The Morgan fingerprint density at radius 2 is 2.10 bits per heavy atom. The largest absolute Gasteiger partial charge is 0.350 e. The van der Waals surface area contributed by atoms with Gasteiger partial charge in [-0.3, -0.25) is 0 Å². The molecule has 0 unspecified atom stereocenters. The van der Waals surface area contributed by atoms with Crippen molar-refractivity contribution < 1.29 is 0 Å². The summed E-state index contributed by atoms with van der Waals surface area (Å²) in [7, 11) is 2.20. The number of thiazole rings is 1. The Bertz CT molecular complexity index is 449. The highest BCUT2D eigenvalue weighted by atomic mass is 32.1. The minimum Gasteiger partial charge on any atom is -0.350 e. The van der Waals surface area contributed by atoms with E-state index >= 15 is 0 Å². The highest BCUT2D eigenvalue weighted by molar-refractivity contribution is 7.15. The summed E-state index contributed by atoms with van der Waals surface area (Å²) in [5.41, 5.74) is 1.38. The molecule has 1 N–H and O–H groups in total. The number of nitrogens with zero attached hydrogens (tertiary/aromatic N) is 3. The molecule has 2 heterocycles. The molecule has 1 aliphatic heterocycles. The molecule has 1 aliphatic carbocycles. The molecule has 3 rings (SSSR count). The van der Waals surface area contributed by atoms with Crippen LogP contribution >= 0.6 is 11.3 Å². The molecule has 2 aliphatic rings. The van der Waals surface area contributed by atoms with Crippen LogP contribution in [0.15, 0.2) is 0 Å². The van der Waals surface area contributed by atoms with Gasteiger partial charge >= 0.3 is 0 Å². The van der Waals surface area contributed by atoms with E-state index in [9.17, 15) is 0 Å². The van der Waals surface area contributed by atoms with Crippen LogP contribution in [0.3, 0.4) is 0 Å². The quantitative estimate of drug-likeness (QED) is 0.800. The molecule has 0 spiro atoms. The van der Waals surface area contributed by atoms with Crippen LogP contribution in [0.25, 0.3) is 0 Å². The predicted molar refractivity (Wildman–Crippen MR) is 90.4 cm³/mol. The topological polar surface area (TPSA) is 31.4 Å². The minimum absolute atomic E-state index is 0.746. The van der Waals surface area contributed by atoms with Crippen molar-refractivity contribution in [2.45, 2.75) is 45.1 Å². The van der Waals surface area contributed by atoms with E-state index in [0.717, 1.165) is 25.6 Å². The maximum absolute atomic E-state index is 4.96. The molecule has 1 saturated carbocycles. The van der Waals surface area contributed by atoms with E-state index in [-0.39, 0.29) is 0 Å². The summed E-state index contributed by atoms with van der Waals surface area (Å²) >= 11 is 1.89. The summed E-state index contributed by atoms with van der Waals surface area (Å²) in [6, 6.07) is 0. The maximum Gasteiger partial charge on any atom is 0.185 e. The standard InChI is InChI=1S/C16H28N4S/c1-3-17-12-14-15(13-6-7-13)18-16(21-14)19(2)10-11-20-8-4-5-9-20/h13,17H,3-12H2,1-2H3. The predicted octanol–water partition coefficient (Wildman–Crippen LogP) is 2.66. The smallest absolute Gasteiger partial charge is 0.185 e. The Hall–Kier alpha value is -0.650. The Morgan fingerprint density at radius 1 is 1.33 bits per heavy atom. The van der Waals surface area contributed by atoms with Crippen LogP contribution in [0, 0.1) is 0 Å². The Kier molecular flexibility index (Phi) is 5.14. The number of hydrogen-bond donors (Lipinski definition) is 1. The van der Waals surface area contributed by atoms with Gasteiger partial charge in [-0.05, 0) is 45.3 Å². The van der Waals surface area contributed by atoms with Crippen molar-refractivity contribution in [3.63, 3.8) is 0 Å². The molecule has 1 aromatic rings. The molecule has 5 heteroatoms. The molecule has 0 bridgehead atoms. The third-order valence-electron chi connectivity index (χ3n) is 4.49. The van der Waals surface area contributed by atoms with Gasteiger partial charge in [0.25, 0.3) is 0 Å².